The third-order valence-corrected chi connectivity index (χ3v) is 5.95. The van der Waals surface area contributed by atoms with Crippen LogP contribution < -0.4 is 5.73 Å². The molecular weight excluding hydrogens is 354 g/mol. The van der Waals surface area contributed by atoms with Crippen LogP contribution in [-0.2, 0) is 0 Å². The second-order valence-electron chi connectivity index (χ2n) is 3.99. The highest BCUT2D eigenvalue weighted by Gasteiger charge is 2.20. The summed E-state index contributed by atoms with van der Waals surface area (Å²) in [4.78, 5) is 6.69. The van der Waals surface area contributed by atoms with E-state index in [0.29, 0.717) is 10.6 Å². The van der Waals surface area contributed by atoms with E-state index in [1.807, 2.05) is 23.6 Å². The fraction of sp³-hybridized carbons (Fsp3) is 0. The fourth-order valence-corrected chi connectivity index (χ4v) is 4.86. The van der Waals surface area contributed by atoms with Crippen molar-refractivity contribution in [2.75, 3.05) is 5.73 Å². The summed E-state index contributed by atoms with van der Waals surface area (Å²) in [6.07, 6.45) is 3.46. The average molecular weight is 362 g/mol. The lowest BCUT2D eigenvalue weighted by Gasteiger charge is -2.04. The van der Waals surface area contributed by atoms with Gasteiger partial charge in [-0.25, -0.2) is 0 Å². The van der Waals surface area contributed by atoms with E-state index in [-0.39, 0.29) is 0 Å². The largest absolute Gasteiger partial charge is 0.396 e. The van der Waals surface area contributed by atoms with Gasteiger partial charge in [0.05, 0.1) is 15.4 Å². The Labute approximate surface area is 132 Å². The summed E-state index contributed by atoms with van der Waals surface area (Å²) in [5.41, 5.74) is 8.59. The number of nitriles is 1. The molecular formula is C14H8BrN3S2. The van der Waals surface area contributed by atoms with Gasteiger partial charge >= 0.3 is 0 Å². The van der Waals surface area contributed by atoms with Crippen molar-refractivity contribution in [2.45, 2.75) is 0 Å². The number of nitrogen functional groups attached to an aromatic ring is 1. The monoisotopic (exact) mass is 361 g/mol. The molecule has 0 saturated carbocycles. The third-order valence-electron chi connectivity index (χ3n) is 2.84. The van der Waals surface area contributed by atoms with Gasteiger partial charge in [-0.3, -0.25) is 4.98 Å². The first kappa shape index (κ1) is 13.3. The van der Waals surface area contributed by atoms with Crippen LogP contribution in [0.2, 0.25) is 0 Å². The van der Waals surface area contributed by atoms with Crippen LogP contribution in [0, 0.1) is 11.3 Å². The van der Waals surface area contributed by atoms with Gasteiger partial charge in [0.15, 0.2) is 0 Å². The summed E-state index contributed by atoms with van der Waals surface area (Å²) < 4.78 is 1.02. The normalized spacial score (nSPS) is 10.4. The van der Waals surface area contributed by atoms with Gasteiger partial charge in [-0.2, -0.15) is 5.26 Å². The van der Waals surface area contributed by atoms with Crippen molar-refractivity contribution >= 4 is 44.3 Å². The van der Waals surface area contributed by atoms with Gasteiger partial charge in [-0.15, -0.1) is 22.7 Å². The Hall–Kier alpha value is -1.68. The number of pyridine rings is 1. The van der Waals surface area contributed by atoms with Crippen molar-refractivity contribution in [1.29, 1.82) is 5.26 Å². The van der Waals surface area contributed by atoms with Crippen LogP contribution >= 0.6 is 38.6 Å². The van der Waals surface area contributed by atoms with E-state index >= 15 is 0 Å². The molecule has 0 saturated heterocycles. The van der Waals surface area contributed by atoms with Gasteiger partial charge in [0, 0.05) is 22.4 Å². The standard InChI is InChI=1S/C14H8BrN3S2/c15-9-3-6-19-13(9)14-11(8-1-4-18-5-2-8)12(17)10(7-16)20-14/h1-6H,17H2. The molecule has 98 valence electrons. The lowest BCUT2D eigenvalue weighted by molar-refractivity contribution is 1.33. The second kappa shape index (κ2) is 5.37. The van der Waals surface area contributed by atoms with Crippen molar-refractivity contribution in [3.8, 4) is 27.0 Å². The predicted octanol–water partition coefficient (Wildman–Crippen LogP) is 4.75. The number of anilines is 1. The number of thiophene rings is 2. The van der Waals surface area contributed by atoms with Gasteiger partial charge in [0.25, 0.3) is 0 Å². The number of hydrogen-bond acceptors (Lipinski definition) is 5. The molecule has 0 bridgehead atoms. The van der Waals surface area contributed by atoms with Crippen LogP contribution in [0.5, 0.6) is 0 Å². The number of hydrogen-bond donors (Lipinski definition) is 1. The van der Waals surface area contributed by atoms with E-state index < -0.39 is 0 Å². The van der Waals surface area contributed by atoms with Crippen LogP contribution in [0.25, 0.3) is 20.9 Å². The van der Waals surface area contributed by atoms with E-state index in [9.17, 15) is 5.26 Å². The van der Waals surface area contributed by atoms with Crippen molar-refractivity contribution in [3.05, 3.63) is 45.3 Å². The molecule has 0 aliphatic rings. The smallest absolute Gasteiger partial charge is 0.129 e. The first-order chi connectivity index (χ1) is 9.72. The fourth-order valence-electron chi connectivity index (χ4n) is 1.95. The quantitative estimate of drug-likeness (QED) is 0.715. The SMILES string of the molecule is N#Cc1sc(-c2sccc2Br)c(-c2ccncc2)c1N. The maximum absolute atomic E-state index is 9.23. The first-order valence-electron chi connectivity index (χ1n) is 5.68. The minimum absolute atomic E-state index is 0.541. The highest BCUT2D eigenvalue weighted by molar-refractivity contribution is 9.10. The summed E-state index contributed by atoms with van der Waals surface area (Å²) in [7, 11) is 0. The second-order valence-corrected chi connectivity index (χ2v) is 6.79. The Morgan fingerprint density at radius 2 is 1.95 bits per heavy atom. The molecule has 0 aliphatic heterocycles. The van der Waals surface area contributed by atoms with Gasteiger partial charge in [-0.1, -0.05) is 0 Å². The first-order valence-corrected chi connectivity index (χ1v) is 8.17. The predicted molar refractivity (Wildman–Crippen MR) is 87.7 cm³/mol. The highest BCUT2D eigenvalue weighted by Crippen LogP contribution is 2.48. The Morgan fingerprint density at radius 3 is 2.55 bits per heavy atom. The van der Waals surface area contributed by atoms with Crippen LogP contribution in [0.15, 0.2) is 40.4 Å². The summed E-state index contributed by atoms with van der Waals surface area (Å²) >= 11 is 6.60. The van der Waals surface area contributed by atoms with E-state index in [1.165, 1.54) is 11.3 Å². The molecule has 3 rings (SSSR count). The Bertz CT molecular complexity index is 800. The van der Waals surface area contributed by atoms with Crippen LogP contribution in [0.4, 0.5) is 5.69 Å². The van der Waals surface area contributed by atoms with Gasteiger partial charge in [0.2, 0.25) is 0 Å². The maximum atomic E-state index is 9.23. The van der Waals surface area contributed by atoms with E-state index in [4.69, 9.17) is 5.73 Å². The molecule has 0 atom stereocenters. The van der Waals surface area contributed by atoms with E-state index in [1.54, 1.807) is 23.7 Å². The average Bonchev–Trinajstić information content (AvgIpc) is 3.03. The topological polar surface area (TPSA) is 62.7 Å². The molecule has 0 aliphatic carbocycles. The molecule has 0 aromatic carbocycles. The third kappa shape index (κ3) is 2.14. The molecule has 3 nitrogen and oxygen atoms in total. The molecule has 3 aromatic heterocycles. The van der Waals surface area contributed by atoms with Crippen molar-refractivity contribution in [2.24, 2.45) is 0 Å². The van der Waals surface area contributed by atoms with Crippen molar-refractivity contribution < 1.29 is 0 Å². The number of nitrogens with zero attached hydrogens (tertiary/aromatic N) is 2. The zero-order valence-corrected chi connectivity index (χ0v) is 13.3. The Morgan fingerprint density at radius 1 is 1.20 bits per heavy atom. The minimum atomic E-state index is 0.541. The summed E-state index contributed by atoms with van der Waals surface area (Å²) in [6, 6.07) is 7.99. The van der Waals surface area contributed by atoms with Crippen LogP contribution in [0.3, 0.4) is 0 Å². The lowest BCUT2D eigenvalue weighted by Crippen LogP contribution is -1.89. The molecule has 0 unspecified atom stereocenters. The van der Waals surface area contributed by atoms with Gasteiger partial charge in [-0.05, 0) is 45.1 Å². The maximum Gasteiger partial charge on any atom is 0.129 e. The molecule has 0 spiro atoms. The van der Waals surface area contributed by atoms with Crippen molar-refractivity contribution in [3.63, 3.8) is 0 Å². The molecule has 0 radical (unpaired) electrons. The molecule has 0 amide bonds. The van der Waals surface area contributed by atoms with Gasteiger partial charge < -0.3 is 5.73 Å². The van der Waals surface area contributed by atoms with Crippen LogP contribution in [-0.4, -0.2) is 4.98 Å². The summed E-state index contributed by atoms with van der Waals surface area (Å²) in [5, 5.41) is 11.2. The zero-order chi connectivity index (χ0) is 14.1. The molecule has 6 heteroatoms. The number of rotatable bonds is 2. The molecule has 3 heterocycles. The number of aromatic nitrogens is 1. The molecule has 20 heavy (non-hydrogen) atoms. The van der Waals surface area contributed by atoms with E-state index in [2.05, 4.69) is 27.0 Å². The lowest BCUT2D eigenvalue weighted by atomic mass is 10.1. The van der Waals surface area contributed by atoms with Gasteiger partial charge in [0.1, 0.15) is 10.9 Å². The van der Waals surface area contributed by atoms with Crippen molar-refractivity contribution in [1.82, 2.24) is 4.98 Å². The Kier molecular flexibility index (Phi) is 3.57. The van der Waals surface area contributed by atoms with E-state index in [0.717, 1.165) is 25.4 Å². The molecule has 2 N–H and O–H groups in total. The Balaban J connectivity index is 2.31. The number of halogens is 1. The van der Waals surface area contributed by atoms with Crippen LogP contribution in [0.1, 0.15) is 4.88 Å². The summed E-state index contributed by atoms with van der Waals surface area (Å²) in [6.45, 7) is 0. The zero-order valence-electron chi connectivity index (χ0n) is 10.1. The minimum Gasteiger partial charge on any atom is -0.396 e. The number of nitrogens with two attached hydrogens (primary N) is 1. The summed E-state index contributed by atoms with van der Waals surface area (Å²) in [5.74, 6) is 0. The highest BCUT2D eigenvalue weighted by atomic mass is 79.9. The molecule has 0 fully saturated rings. The molecule has 3 aromatic rings.